The van der Waals surface area contributed by atoms with E-state index in [9.17, 15) is 10.4 Å². The van der Waals surface area contributed by atoms with Crippen LogP contribution in [0.5, 0.6) is 5.75 Å². The molecule has 6 aromatic carbocycles. The molecule has 2 aromatic heterocycles. The summed E-state index contributed by atoms with van der Waals surface area (Å²) in [4.78, 5) is 10.3. The monoisotopic (exact) mass is 709 g/mol. The van der Waals surface area contributed by atoms with Gasteiger partial charge in [-0.1, -0.05) is 96.1 Å². The lowest BCUT2D eigenvalue weighted by Gasteiger charge is -2.20. The minimum atomic E-state index is -0.117. The van der Waals surface area contributed by atoms with Crippen LogP contribution in [0, 0.1) is 11.3 Å². The van der Waals surface area contributed by atoms with Gasteiger partial charge in [-0.05, 0) is 93.7 Å². The highest BCUT2D eigenvalue weighted by Gasteiger charge is 2.24. The predicted molar refractivity (Wildman–Crippen MR) is 221 cm³/mol. The molecular formula is C47H39N3O2S. The maximum Gasteiger partial charge on any atom is 0.143 e. The van der Waals surface area contributed by atoms with Crippen molar-refractivity contribution in [1.82, 2.24) is 4.98 Å². The van der Waals surface area contributed by atoms with Gasteiger partial charge in [0.15, 0.2) is 0 Å². The summed E-state index contributed by atoms with van der Waals surface area (Å²) in [6, 6.07) is 40.7. The van der Waals surface area contributed by atoms with E-state index >= 15 is 0 Å². The smallest absolute Gasteiger partial charge is 0.143 e. The number of phenols is 1. The van der Waals surface area contributed by atoms with Crippen LogP contribution < -0.4 is 0 Å². The number of fused-ring (bicyclic) bond motifs is 4. The molecule has 0 aliphatic carbocycles. The van der Waals surface area contributed by atoms with Crippen molar-refractivity contribution in [1.29, 1.82) is 5.26 Å². The van der Waals surface area contributed by atoms with Crippen LogP contribution in [0.1, 0.15) is 63.8 Å². The Hall–Kier alpha value is -6.03. The summed E-state index contributed by atoms with van der Waals surface area (Å²) in [5.74, 6) is 0.195. The van der Waals surface area contributed by atoms with Crippen molar-refractivity contribution in [3.63, 3.8) is 0 Å². The Bertz CT molecular complexity index is 2770. The molecule has 0 unspecified atom stereocenters. The molecule has 0 aliphatic rings. The number of phenolic OH excluding ortho intramolecular Hbond substituents is 1. The predicted octanol–water partition coefficient (Wildman–Crippen LogP) is 13.1. The summed E-state index contributed by atoms with van der Waals surface area (Å²) >= 11 is 1.66. The summed E-state index contributed by atoms with van der Waals surface area (Å²) < 4.78 is 7.81. The SMILES string of the molecule is CC(C)(C)c1ccc(O)c(C=Nc2ccccc2-c2nc3c(-c4ccc(-c5ccc(C#N)cc5)c5c4oc4ccccc45)cc(C(C)(C)C)cc3s2)c1. The summed E-state index contributed by atoms with van der Waals surface area (Å²) in [5.41, 5.74) is 11.7. The second-order valence-corrected chi connectivity index (χ2v) is 16.6. The summed E-state index contributed by atoms with van der Waals surface area (Å²) in [6.07, 6.45) is 1.74. The minimum absolute atomic E-state index is 0.0588. The maximum absolute atomic E-state index is 10.7. The molecule has 0 fully saturated rings. The summed E-state index contributed by atoms with van der Waals surface area (Å²) in [7, 11) is 0. The summed E-state index contributed by atoms with van der Waals surface area (Å²) in [5, 5.41) is 23.1. The highest BCUT2D eigenvalue weighted by atomic mass is 32.1. The average Bonchev–Trinajstić information content (AvgIpc) is 3.76. The molecule has 0 amide bonds. The first kappa shape index (κ1) is 34.1. The molecule has 8 rings (SSSR count). The number of rotatable bonds is 5. The highest BCUT2D eigenvalue weighted by Crippen LogP contribution is 2.46. The molecular weight excluding hydrogens is 671 g/mol. The zero-order valence-electron chi connectivity index (χ0n) is 30.7. The van der Waals surface area contributed by atoms with E-state index in [1.165, 1.54) is 5.56 Å². The molecule has 2 heterocycles. The van der Waals surface area contributed by atoms with Crippen molar-refractivity contribution in [3.05, 3.63) is 138 Å². The molecule has 0 spiro atoms. The van der Waals surface area contributed by atoms with Crippen LogP contribution in [0.4, 0.5) is 5.69 Å². The Morgan fingerprint density at radius 3 is 2.21 bits per heavy atom. The van der Waals surface area contributed by atoms with Crippen LogP contribution >= 0.6 is 11.3 Å². The van der Waals surface area contributed by atoms with E-state index in [2.05, 4.69) is 84.0 Å². The molecule has 260 valence electrons. The molecule has 0 aliphatic heterocycles. The zero-order valence-corrected chi connectivity index (χ0v) is 31.5. The number of aliphatic imine (C=N–C) groups is 1. The second kappa shape index (κ2) is 12.9. The zero-order chi connectivity index (χ0) is 37.1. The van der Waals surface area contributed by atoms with Crippen LogP contribution in [0.2, 0.25) is 0 Å². The fourth-order valence-corrected chi connectivity index (χ4v) is 7.88. The van der Waals surface area contributed by atoms with Crippen molar-refractivity contribution in [2.45, 2.75) is 52.4 Å². The first-order valence-corrected chi connectivity index (χ1v) is 18.6. The Morgan fingerprint density at radius 1 is 0.736 bits per heavy atom. The van der Waals surface area contributed by atoms with Crippen molar-refractivity contribution >= 4 is 55.4 Å². The lowest BCUT2D eigenvalue weighted by molar-refractivity contribution is 0.473. The average molecular weight is 710 g/mol. The fraction of sp³-hybridized carbons (Fsp3) is 0.170. The first-order chi connectivity index (χ1) is 25.4. The number of para-hydroxylation sites is 2. The normalized spacial score (nSPS) is 12.3. The molecule has 0 atom stereocenters. The molecule has 0 saturated heterocycles. The van der Waals surface area contributed by atoms with Gasteiger partial charge in [-0.15, -0.1) is 11.3 Å². The fourth-order valence-electron chi connectivity index (χ4n) is 6.82. The third-order valence-electron chi connectivity index (χ3n) is 9.87. The third-order valence-corrected chi connectivity index (χ3v) is 10.9. The molecule has 6 heteroatoms. The van der Waals surface area contributed by atoms with E-state index in [-0.39, 0.29) is 16.6 Å². The molecule has 0 radical (unpaired) electrons. The highest BCUT2D eigenvalue weighted by molar-refractivity contribution is 7.21. The quantitative estimate of drug-likeness (QED) is 0.180. The van der Waals surface area contributed by atoms with Gasteiger partial charge in [-0.2, -0.15) is 5.26 Å². The number of benzene rings is 6. The van der Waals surface area contributed by atoms with E-state index in [4.69, 9.17) is 14.4 Å². The number of furan rings is 1. The molecule has 53 heavy (non-hydrogen) atoms. The maximum atomic E-state index is 10.7. The third kappa shape index (κ3) is 6.28. The minimum Gasteiger partial charge on any atom is -0.507 e. The van der Waals surface area contributed by atoms with E-state index < -0.39 is 0 Å². The Balaban J connectivity index is 1.32. The van der Waals surface area contributed by atoms with Crippen molar-refractivity contribution in [3.8, 4) is 44.6 Å². The second-order valence-electron chi connectivity index (χ2n) is 15.6. The number of nitriles is 1. The molecule has 5 nitrogen and oxygen atoms in total. The number of thiazole rings is 1. The van der Waals surface area contributed by atoms with Crippen LogP contribution in [-0.4, -0.2) is 16.3 Å². The van der Waals surface area contributed by atoms with Gasteiger partial charge in [0.25, 0.3) is 0 Å². The lowest BCUT2D eigenvalue weighted by atomic mass is 9.84. The molecule has 0 saturated carbocycles. The van der Waals surface area contributed by atoms with E-state index in [1.807, 2.05) is 72.8 Å². The summed E-state index contributed by atoms with van der Waals surface area (Å²) in [6.45, 7) is 13.2. The van der Waals surface area contributed by atoms with Gasteiger partial charge in [0, 0.05) is 39.2 Å². The van der Waals surface area contributed by atoms with Crippen molar-refractivity contribution in [2.24, 2.45) is 4.99 Å². The van der Waals surface area contributed by atoms with Crippen molar-refractivity contribution in [2.75, 3.05) is 0 Å². The van der Waals surface area contributed by atoms with Gasteiger partial charge in [-0.3, -0.25) is 4.99 Å². The topological polar surface area (TPSA) is 82.4 Å². The number of aromatic hydroxyl groups is 1. The molecule has 0 bridgehead atoms. The van der Waals surface area contributed by atoms with Gasteiger partial charge >= 0.3 is 0 Å². The molecule has 8 aromatic rings. The van der Waals surface area contributed by atoms with E-state index in [0.717, 1.165) is 76.2 Å². The standard InChI is InChI=1S/C47H39N3O2S/c1-46(2,3)31-19-22-39(51)30(23-31)27-49-38-13-9-7-11-35(38)45-50-43-37(24-32(47(4,5)6)25-41(43)53-45)34-21-20-33(29-17-15-28(26-48)16-18-29)42-36-12-8-10-14-40(36)52-44(34)42/h7-25,27,51H,1-6H3. The van der Waals surface area contributed by atoms with Gasteiger partial charge in [0.1, 0.15) is 21.9 Å². The van der Waals surface area contributed by atoms with Crippen LogP contribution in [0.15, 0.2) is 125 Å². The van der Waals surface area contributed by atoms with Gasteiger partial charge in [0.2, 0.25) is 0 Å². The van der Waals surface area contributed by atoms with Crippen LogP contribution in [0.25, 0.3) is 65.0 Å². The van der Waals surface area contributed by atoms with Crippen molar-refractivity contribution < 1.29 is 9.52 Å². The Labute approximate surface area is 313 Å². The Morgan fingerprint density at radius 2 is 1.45 bits per heavy atom. The largest absolute Gasteiger partial charge is 0.507 e. The van der Waals surface area contributed by atoms with Gasteiger partial charge in [0.05, 0.1) is 27.5 Å². The van der Waals surface area contributed by atoms with Gasteiger partial charge in [-0.25, -0.2) is 4.98 Å². The number of aromatic nitrogens is 1. The number of hydrogen-bond donors (Lipinski definition) is 1. The molecule has 1 N–H and O–H groups in total. The number of nitrogens with zero attached hydrogens (tertiary/aromatic N) is 3. The lowest BCUT2D eigenvalue weighted by Crippen LogP contribution is -2.11. The van der Waals surface area contributed by atoms with E-state index in [0.29, 0.717) is 11.1 Å². The Kier molecular flexibility index (Phi) is 8.28. The van der Waals surface area contributed by atoms with Crippen LogP contribution in [0.3, 0.4) is 0 Å². The first-order valence-electron chi connectivity index (χ1n) is 17.8. The van der Waals surface area contributed by atoms with Crippen LogP contribution in [-0.2, 0) is 10.8 Å². The van der Waals surface area contributed by atoms with E-state index in [1.54, 1.807) is 23.6 Å². The number of hydrogen-bond acceptors (Lipinski definition) is 6. The van der Waals surface area contributed by atoms with Gasteiger partial charge < -0.3 is 9.52 Å².